The van der Waals surface area contributed by atoms with Crippen LogP contribution < -0.4 is 0 Å². The summed E-state index contributed by atoms with van der Waals surface area (Å²) in [5, 5.41) is 8.55. The Labute approximate surface area is 113 Å². The summed E-state index contributed by atoms with van der Waals surface area (Å²) >= 11 is 2.00. The van der Waals surface area contributed by atoms with E-state index in [0.717, 1.165) is 43.2 Å². The van der Waals surface area contributed by atoms with Crippen molar-refractivity contribution in [3.8, 4) is 6.07 Å². The van der Waals surface area contributed by atoms with Gasteiger partial charge in [-0.25, -0.2) is 0 Å². The van der Waals surface area contributed by atoms with Crippen LogP contribution in [0.15, 0.2) is 16.5 Å². The summed E-state index contributed by atoms with van der Waals surface area (Å²) in [6.07, 6.45) is 2.78. The highest BCUT2D eigenvalue weighted by molar-refractivity contribution is 7.99. The molecular formula is C14H20N2OS. The van der Waals surface area contributed by atoms with E-state index in [4.69, 9.17) is 9.68 Å². The minimum Gasteiger partial charge on any atom is -0.465 e. The molecule has 2 heterocycles. The molecule has 4 heteroatoms. The zero-order valence-corrected chi connectivity index (χ0v) is 11.7. The second kappa shape index (κ2) is 6.86. The largest absolute Gasteiger partial charge is 0.465 e. The van der Waals surface area contributed by atoms with Gasteiger partial charge in [-0.1, -0.05) is 0 Å². The van der Waals surface area contributed by atoms with Crippen LogP contribution in [0.3, 0.4) is 0 Å². The first kappa shape index (κ1) is 13.5. The Morgan fingerprint density at radius 3 is 3.11 bits per heavy atom. The first-order valence-corrected chi connectivity index (χ1v) is 7.72. The third-order valence-electron chi connectivity index (χ3n) is 3.31. The summed E-state index contributed by atoms with van der Waals surface area (Å²) in [5.74, 6) is 4.41. The molecule has 0 amide bonds. The predicted octanol–water partition coefficient (Wildman–Crippen LogP) is 3.37. The molecule has 0 bridgehead atoms. The predicted molar refractivity (Wildman–Crippen MR) is 74.5 cm³/mol. The molecule has 0 N–H and O–H groups in total. The van der Waals surface area contributed by atoms with Gasteiger partial charge in [0.2, 0.25) is 0 Å². The van der Waals surface area contributed by atoms with Crippen LogP contribution in [0.4, 0.5) is 0 Å². The van der Waals surface area contributed by atoms with E-state index >= 15 is 0 Å². The molecule has 18 heavy (non-hydrogen) atoms. The fraction of sp³-hybridized carbons (Fsp3) is 0.643. The second-order valence-electron chi connectivity index (χ2n) is 4.69. The lowest BCUT2D eigenvalue weighted by Crippen LogP contribution is -2.36. The monoisotopic (exact) mass is 264 g/mol. The molecule has 0 aromatic carbocycles. The van der Waals surface area contributed by atoms with Crippen molar-refractivity contribution in [1.29, 1.82) is 5.26 Å². The summed E-state index contributed by atoms with van der Waals surface area (Å²) in [7, 11) is 0. The van der Waals surface area contributed by atoms with Gasteiger partial charge in [0, 0.05) is 24.5 Å². The highest BCUT2D eigenvalue weighted by Gasteiger charge is 2.26. The van der Waals surface area contributed by atoms with Gasteiger partial charge in [0.15, 0.2) is 0 Å². The van der Waals surface area contributed by atoms with Gasteiger partial charge in [-0.2, -0.15) is 17.0 Å². The Balaban J connectivity index is 1.91. The Morgan fingerprint density at radius 1 is 1.50 bits per heavy atom. The lowest BCUT2D eigenvalue weighted by Gasteiger charge is -2.34. The van der Waals surface area contributed by atoms with Crippen LogP contribution >= 0.6 is 11.8 Å². The normalized spacial score (nSPS) is 20.8. The molecule has 0 aliphatic carbocycles. The molecule has 0 radical (unpaired) electrons. The average Bonchev–Trinajstić information content (AvgIpc) is 2.82. The zero-order chi connectivity index (χ0) is 12.8. The Morgan fingerprint density at radius 2 is 2.39 bits per heavy atom. The van der Waals surface area contributed by atoms with Crippen LogP contribution in [0.1, 0.15) is 36.8 Å². The first-order chi connectivity index (χ1) is 8.81. The summed E-state index contributed by atoms with van der Waals surface area (Å²) < 4.78 is 5.77. The van der Waals surface area contributed by atoms with Crippen molar-refractivity contribution in [2.24, 2.45) is 0 Å². The van der Waals surface area contributed by atoms with E-state index in [1.807, 2.05) is 24.8 Å². The third-order valence-corrected chi connectivity index (χ3v) is 4.34. The maximum absolute atomic E-state index is 8.55. The number of unbranched alkanes of at least 4 members (excludes halogenated alkanes) is 2. The van der Waals surface area contributed by atoms with E-state index < -0.39 is 0 Å². The summed E-state index contributed by atoms with van der Waals surface area (Å²) in [4.78, 5) is 2.51. The standard InChI is InChI=1S/C14H20N2OS/c1-12-5-6-14(17-12)13-11-18-10-9-16(13)8-4-2-3-7-15/h5-6,13H,2-4,8-11H2,1H3/t13-/m0/s1. The summed E-state index contributed by atoms with van der Waals surface area (Å²) in [6.45, 7) is 4.20. The van der Waals surface area contributed by atoms with Gasteiger partial charge in [0.05, 0.1) is 12.1 Å². The van der Waals surface area contributed by atoms with Gasteiger partial charge < -0.3 is 4.42 Å². The van der Waals surface area contributed by atoms with Crippen LogP contribution in [0.25, 0.3) is 0 Å². The van der Waals surface area contributed by atoms with Gasteiger partial charge >= 0.3 is 0 Å². The first-order valence-electron chi connectivity index (χ1n) is 6.56. The third kappa shape index (κ3) is 3.54. The van der Waals surface area contributed by atoms with Gasteiger partial charge in [-0.3, -0.25) is 4.90 Å². The van der Waals surface area contributed by atoms with E-state index in [1.165, 1.54) is 5.75 Å². The number of aryl methyl sites for hydroxylation is 1. The van der Waals surface area contributed by atoms with Crippen molar-refractivity contribution in [2.45, 2.75) is 32.2 Å². The number of nitrogens with zero attached hydrogens (tertiary/aromatic N) is 2. The van der Waals surface area contributed by atoms with E-state index in [2.05, 4.69) is 17.0 Å². The Hall–Kier alpha value is -0.920. The number of thioether (sulfide) groups is 1. The number of hydrogen-bond donors (Lipinski definition) is 0. The van der Waals surface area contributed by atoms with E-state index in [1.54, 1.807) is 0 Å². The van der Waals surface area contributed by atoms with E-state index in [0.29, 0.717) is 12.5 Å². The molecule has 1 saturated heterocycles. The van der Waals surface area contributed by atoms with Crippen molar-refractivity contribution < 1.29 is 4.42 Å². The minimum atomic E-state index is 0.416. The number of rotatable bonds is 5. The van der Waals surface area contributed by atoms with Gasteiger partial charge in [-0.05, 0) is 38.4 Å². The summed E-state index contributed by atoms with van der Waals surface area (Å²) in [5.41, 5.74) is 0. The molecule has 3 nitrogen and oxygen atoms in total. The maximum Gasteiger partial charge on any atom is 0.122 e. The highest BCUT2D eigenvalue weighted by Crippen LogP contribution is 2.30. The van der Waals surface area contributed by atoms with Crippen molar-refractivity contribution >= 4 is 11.8 Å². The van der Waals surface area contributed by atoms with Crippen molar-refractivity contribution in [2.75, 3.05) is 24.6 Å². The fourth-order valence-corrected chi connectivity index (χ4v) is 3.45. The molecule has 1 aromatic heterocycles. The van der Waals surface area contributed by atoms with Crippen molar-refractivity contribution in [3.05, 3.63) is 23.7 Å². The van der Waals surface area contributed by atoms with Gasteiger partial charge in [-0.15, -0.1) is 0 Å². The molecule has 0 spiro atoms. The highest BCUT2D eigenvalue weighted by atomic mass is 32.2. The molecule has 1 atom stereocenters. The van der Waals surface area contributed by atoms with E-state index in [-0.39, 0.29) is 0 Å². The SMILES string of the molecule is Cc1ccc([C@@H]2CSCCN2CCCCC#N)o1. The lowest BCUT2D eigenvalue weighted by molar-refractivity contribution is 0.192. The van der Waals surface area contributed by atoms with E-state index in [9.17, 15) is 0 Å². The van der Waals surface area contributed by atoms with Crippen LogP contribution in [0.2, 0.25) is 0 Å². The fourth-order valence-electron chi connectivity index (χ4n) is 2.32. The van der Waals surface area contributed by atoms with Crippen molar-refractivity contribution in [1.82, 2.24) is 4.90 Å². The quantitative estimate of drug-likeness (QED) is 0.764. The molecule has 0 unspecified atom stereocenters. The van der Waals surface area contributed by atoms with Crippen LogP contribution in [-0.2, 0) is 0 Å². The smallest absolute Gasteiger partial charge is 0.122 e. The zero-order valence-electron chi connectivity index (χ0n) is 10.9. The Bertz CT molecular complexity index is 410. The van der Waals surface area contributed by atoms with Crippen LogP contribution in [0.5, 0.6) is 0 Å². The van der Waals surface area contributed by atoms with Crippen LogP contribution in [-0.4, -0.2) is 29.5 Å². The van der Waals surface area contributed by atoms with Crippen LogP contribution in [0, 0.1) is 18.3 Å². The molecular weight excluding hydrogens is 244 g/mol. The number of nitriles is 1. The van der Waals surface area contributed by atoms with Gasteiger partial charge in [0.1, 0.15) is 11.5 Å². The molecule has 1 fully saturated rings. The molecule has 1 aliphatic rings. The molecule has 1 aliphatic heterocycles. The molecule has 98 valence electrons. The lowest BCUT2D eigenvalue weighted by atomic mass is 10.1. The van der Waals surface area contributed by atoms with Gasteiger partial charge in [0.25, 0.3) is 0 Å². The summed E-state index contributed by atoms with van der Waals surface area (Å²) in [6, 6.07) is 6.78. The maximum atomic E-state index is 8.55. The van der Waals surface area contributed by atoms with Crippen molar-refractivity contribution in [3.63, 3.8) is 0 Å². The Kier molecular flexibility index (Phi) is 5.15. The molecule has 1 aromatic rings. The minimum absolute atomic E-state index is 0.416. The molecule has 2 rings (SSSR count). The second-order valence-corrected chi connectivity index (χ2v) is 5.84. The number of hydrogen-bond acceptors (Lipinski definition) is 4. The topological polar surface area (TPSA) is 40.2 Å². The molecule has 0 saturated carbocycles. The average molecular weight is 264 g/mol. The number of furan rings is 1.